The topological polar surface area (TPSA) is 0 Å². The standard InChI is InChI=1S/C25H46Si/c1-7-8-9-12-17-26(6,25-20(4)18(2)19(3)21(25)5)24-16-15-22-13-10-11-14-23(22)24/h18-20,22-24H,7-17H2,1-6H3. The Kier molecular flexibility index (Phi) is 6.79. The van der Waals surface area contributed by atoms with E-state index in [2.05, 4.69) is 46.4 Å². The highest BCUT2D eigenvalue weighted by Gasteiger charge is 2.52. The van der Waals surface area contributed by atoms with Crippen molar-refractivity contribution in [1.29, 1.82) is 0 Å². The maximum Gasteiger partial charge on any atom is 0.0821 e. The molecule has 3 rings (SSSR count). The van der Waals surface area contributed by atoms with Crippen molar-refractivity contribution >= 4 is 8.07 Å². The number of unbranched alkanes of at least 4 members (excludes halogenated alkanes) is 3. The average Bonchev–Trinajstić information content (AvgIpc) is 3.15. The Hall–Kier alpha value is -0.0431. The summed E-state index contributed by atoms with van der Waals surface area (Å²) in [7, 11) is -1.37. The van der Waals surface area contributed by atoms with Gasteiger partial charge >= 0.3 is 0 Å². The van der Waals surface area contributed by atoms with Crippen LogP contribution in [0.3, 0.4) is 0 Å². The Morgan fingerprint density at radius 1 is 0.885 bits per heavy atom. The van der Waals surface area contributed by atoms with Gasteiger partial charge in [0, 0.05) is 0 Å². The van der Waals surface area contributed by atoms with Crippen molar-refractivity contribution in [2.45, 2.75) is 117 Å². The van der Waals surface area contributed by atoms with Crippen molar-refractivity contribution in [3.63, 3.8) is 0 Å². The first-order valence-corrected chi connectivity index (χ1v) is 14.9. The van der Waals surface area contributed by atoms with Gasteiger partial charge in [-0.1, -0.05) is 115 Å². The molecule has 0 bridgehead atoms. The van der Waals surface area contributed by atoms with E-state index in [0.717, 1.165) is 35.1 Å². The second-order valence-corrected chi connectivity index (χ2v) is 15.3. The van der Waals surface area contributed by atoms with E-state index >= 15 is 0 Å². The van der Waals surface area contributed by atoms with Gasteiger partial charge in [-0.2, -0.15) is 0 Å². The summed E-state index contributed by atoms with van der Waals surface area (Å²) in [6.45, 7) is 15.4. The molecule has 150 valence electrons. The van der Waals surface area contributed by atoms with Crippen LogP contribution >= 0.6 is 0 Å². The molecule has 1 heteroatoms. The van der Waals surface area contributed by atoms with E-state index in [-0.39, 0.29) is 0 Å². The van der Waals surface area contributed by atoms with E-state index in [4.69, 9.17) is 0 Å². The Balaban J connectivity index is 1.89. The minimum atomic E-state index is -1.37. The lowest BCUT2D eigenvalue weighted by atomic mass is 9.82. The van der Waals surface area contributed by atoms with Crippen LogP contribution in [0, 0.1) is 29.6 Å². The smallest absolute Gasteiger partial charge is 0.0780 e. The third kappa shape index (κ3) is 3.63. The zero-order valence-electron chi connectivity index (χ0n) is 18.7. The van der Waals surface area contributed by atoms with E-state index in [1.807, 2.05) is 5.57 Å². The minimum absolute atomic E-state index is 0.825. The van der Waals surface area contributed by atoms with E-state index < -0.39 is 8.07 Å². The van der Waals surface area contributed by atoms with Gasteiger partial charge in [0.15, 0.2) is 0 Å². The fourth-order valence-corrected chi connectivity index (χ4v) is 14.3. The SMILES string of the molecule is CCCCCC[Si](C)(C1=C(C)C(C)C(C)C1C)C1CCC2CCCCC21. The van der Waals surface area contributed by atoms with Crippen LogP contribution in [-0.4, -0.2) is 8.07 Å². The fourth-order valence-electron chi connectivity index (χ4n) is 7.63. The van der Waals surface area contributed by atoms with Crippen molar-refractivity contribution < 1.29 is 0 Å². The Bertz CT molecular complexity index is 506. The Labute approximate surface area is 165 Å². The molecule has 3 aliphatic rings. The first-order valence-electron chi connectivity index (χ1n) is 12.1. The van der Waals surface area contributed by atoms with Gasteiger partial charge < -0.3 is 0 Å². The van der Waals surface area contributed by atoms with E-state index in [9.17, 15) is 0 Å². The maximum absolute atomic E-state index is 2.86. The van der Waals surface area contributed by atoms with Crippen molar-refractivity contribution in [3.8, 4) is 0 Å². The van der Waals surface area contributed by atoms with Crippen LogP contribution in [0.2, 0.25) is 18.1 Å². The predicted octanol–water partition coefficient (Wildman–Crippen LogP) is 8.39. The molecule has 7 unspecified atom stereocenters. The second kappa shape index (κ2) is 8.54. The first-order chi connectivity index (χ1) is 12.4. The van der Waals surface area contributed by atoms with Crippen molar-refractivity contribution in [1.82, 2.24) is 0 Å². The van der Waals surface area contributed by atoms with Crippen LogP contribution in [0.1, 0.15) is 98.8 Å². The Morgan fingerprint density at radius 3 is 2.27 bits per heavy atom. The summed E-state index contributed by atoms with van der Waals surface area (Å²) in [5.74, 6) is 4.76. The summed E-state index contributed by atoms with van der Waals surface area (Å²) in [5.41, 5.74) is 2.95. The van der Waals surface area contributed by atoms with Crippen LogP contribution in [0.15, 0.2) is 10.8 Å². The van der Waals surface area contributed by atoms with Gasteiger partial charge in [0.1, 0.15) is 0 Å². The van der Waals surface area contributed by atoms with Gasteiger partial charge in [0.25, 0.3) is 0 Å². The molecule has 3 aliphatic carbocycles. The Morgan fingerprint density at radius 2 is 1.62 bits per heavy atom. The normalized spacial score (nSPS) is 39.9. The lowest BCUT2D eigenvalue weighted by molar-refractivity contribution is 0.274. The summed E-state index contributed by atoms with van der Waals surface area (Å²) in [5, 5.41) is 2.06. The quantitative estimate of drug-likeness (QED) is 0.310. The molecular weight excluding hydrogens is 328 g/mol. The number of rotatable bonds is 7. The molecule has 0 aromatic rings. The highest BCUT2D eigenvalue weighted by molar-refractivity contribution is 6.87. The molecule has 0 spiro atoms. The third-order valence-electron chi connectivity index (χ3n) is 9.46. The molecule has 7 atom stereocenters. The third-order valence-corrected chi connectivity index (χ3v) is 15.3. The molecule has 0 aliphatic heterocycles. The van der Waals surface area contributed by atoms with Crippen LogP contribution in [0.4, 0.5) is 0 Å². The van der Waals surface area contributed by atoms with Crippen LogP contribution in [-0.2, 0) is 0 Å². The number of fused-ring (bicyclic) bond motifs is 1. The summed E-state index contributed by atoms with van der Waals surface area (Å²) >= 11 is 0. The van der Waals surface area contributed by atoms with Crippen molar-refractivity contribution in [2.24, 2.45) is 29.6 Å². The molecular formula is C25H46Si. The molecule has 0 aromatic heterocycles. The molecule has 0 heterocycles. The van der Waals surface area contributed by atoms with Gasteiger partial charge in [-0.3, -0.25) is 0 Å². The number of allylic oxidation sites excluding steroid dienone is 2. The summed E-state index contributed by atoms with van der Waals surface area (Å²) in [4.78, 5) is 0. The predicted molar refractivity (Wildman–Crippen MR) is 119 cm³/mol. The maximum atomic E-state index is 2.86. The summed E-state index contributed by atoms with van der Waals surface area (Å²) < 4.78 is 0. The summed E-state index contributed by atoms with van der Waals surface area (Å²) in [6.07, 6.45) is 15.1. The van der Waals surface area contributed by atoms with Crippen LogP contribution < -0.4 is 0 Å². The van der Waals surface area contributed by atoms with Gasteiger partial charge in [-0.15, -0.1) is 0 Å². The van der Waals surface area contributed by atoms with Gasteiger partial charge in [0.05, 0.1) is 8.07 Å². The van der Waals surface area contributed by atoms with E-state index in [0.29, 0.717) is 0 Å². The fraction of sp³-hybridized carbons (Fsp3) is 0.920. The minimum Gasteiger partial charge on any atom is -0.0780 e. The monoisotopic (exact) mass is 374 g/mol. The zero-order chi connectivity index (χ0) is 18.9. The van der Waals surface area contributed by atoms with Crippen molar-refractivity contribution in [3.05, 3.63) is 10.8 Å². The lowest BCUT2D eigenvalue weighted by Crippen LogP contribution is -2.44. The molecule has 2 saturated carbocycles. The zero-order valence-corrected chi connectivity index (χ0v) is 19.7. The average molecular weight is 375 g/mol. The number of hydrogen-bond donors (Lipinski definition) is 0. The van der Waals surface area contributed by atoms with E-state index in [1.54, 1.807) is 31.7 Å². The largest absolute Gasteiger partial charge is 0.0821 e. The molecule has 2 fully saturated rings. The molecule has 0 radical (unpaired) electrons. The van der Waals surface area contributed by atoms with Gasteiger partial charge in [0.2, 0.25) is 0 Å². The van der Waals surface area contributed by atoms with E-state index in [1.165, 1.54) is 38.5 Å². The number of hydrogen-bond acceptors (Lipinski definition) is 0. The highest BCUT2D eigenvalue weighted by Crippen LogP contribution is 2.59. The van der Waals surface area contributed by atoms with Crippen LogP contribution in [0.5, 0.6) is 0 Å². The second-order valence-electron chi connectivity index (χ2n) is 10.7. The molecule has 0 aromatic carbocycles. The molecule has 0 amide bonds. The summed E-state index contributed by atoms with van der Waals surface area (Å²) in [6, 6.07) is 1.59. The van der Waals surface area contributed by atoms with Crippen molar-refractivity contribution in [2.75, 3.05) is 0 Å². The molecule has 0 saturated heterocycles. The van der Waals surface area contributed by atoms with Gasteiger partial charge in [-0.25, -0.2) is 0 Å². The van der Waals surface area contributed by atoms with Crippen LogP contribution in [0.25, 0.3) is 0 Å². The highest BCUT2D eigenvalue weighted by atomic mass is 28.3. The van der Waals surface area contributed by atoms with Gasteiger partial charge in [-0.05, 0) is 42.1 Å². The first kappa shape index (κ1) is 20.7. The molecule has 0 N–H and O–H groups in total. The molecule has 26 heavy (non-hydrogen) atoms. The molecule has 0 nitrogen and oxygen atoms in total. The lowest BCUT2D eigenvalue weighted by Gasteiger charge is -2.43.